The average molecular weight is 273 g/mol. The lowest BCUT2D eigenvalue weighted by molar-refractivity contribution is 0.0743. The number of rotatable bonds is 4. The number of benzene rings is 2. The zero-order valence-corrected chi connectivity index (χ0v) is 11.4. The number of anilines is 1. The van der Waals surface area contributed by atoms with E-state index in [0.717, 1.165) is 5.69 Å². The van der Waals surface area contributed by atoms with Crippen molar-refractivity contribution in [3.63, 3.8) is 0 Å². The maximum absolute atomic E-state index is 13.5. The molecule has 0 spiro atoms. The number of aliphatic hydroxyl groups is 1. The molecule has 0 radical (unpaired) electrons. The molecule has 0 saturated carbocycles. The van der Waals surface area contributed by atoms with Crippen molar-refractivity contribution >= 4 is 11.5 Å². The van der Waals surface area contributed by atoms with Crippen LogP contribution in [0.1, 0.15) is 22.0 Å². The first-order valence-electron chi connectivity index (χ1n) is 6.25. The van der Waals surface area contributed by atoms with Crippen LogP contribution >= 0.6 is 0 Å². The SMILES string of the molecule is CN(C)c1ccc(C(O)C(=O)c2ccccc2F)cc1. The number of hydrogen-bond donors (Lipinski definition) is 1. The Morgan fingerprint density at radius 3 is 2.25 bits per heavy atom. The molecule has 0 aliphatic carbocycles. The van der Waals surface area contributed by atoms with Crippen molar-refractivity contribution in [2.45, 2.75) is 6.10 Å². The van der Waals surface area contributed by atoms with E-state index in [1.54, 1.807) is 30.3 Å². The van der Waals surface area contributed by atoms with Crippen LogP contribution in [-0.2, 0) is 0 Å². The van der Waals surface area contributed by atoms with Crippen molar-refractivity contribution in [3.05, 3.63) is 65.5 Å². The van der Waals surface area contributed by atoms with Gasteiger partial charge in [0.1, 0.15) is 11.9 Å². The van der Waals surface area contributed by atoms with Crippen molar-refractivity contribution < 1.29 is 14.3 Å². The van der Waals surface area contributed by atoms with E-state index in [4.69, 9.17) is 0 Å². The van der Waals surface area contributed by atoms with Crippen LogP contribution in [0.2, 0.25) is 0 Å². The van der Waals surface area contributed by atoms with Gasteiger partial charge in [-0.05, 0) is 29.8 Å². The molecule has 0 heterocycles. The minimum Gasteiger partial charge on any atom is -0.380 e. The van der Waals surface area contributed by atoms with Gasteiger partial charge >= 0.3 is 0 Å². The molecule has 0 saturated heterocycles. The van der Waals surface area contributed by atoms with E-state index in [2.05, 4.69) is 0 Å². The van der Waals surface area contributed by atoms with E-state index in [0.29, 0.717) is 5.56 Å². The predicted octanol–water partition coefficient (Wildman–Crippen LogP) is 2.81. The molecule has 0 fully saturated rings. The number of aliphatic hydroxyl groups excluding tert-OH is 1. The van der Waals surface area contributed by atoms with Gasteiger partial charge < -0.3 is 10.0 Å². The Morgan fingerprint density at radius 2 is 1.70 bits per heavy atom. The van der Waals surface area contributed by atoms with Crippen LogP contribution in [0.4, 0.5) is 10.1 Å². The number of hydrogen-bond acceptors (Lipinski definition) is 3. The van der Waals surface area contributed by atoms with E-state index < -0.39 is 17.7 Å². The molecule has 104 valence electrons. The van der Waals surface area contributed by atoms with Gasteiger partial charge in [-0.3, -0.25) is 4.79 Å². The first kappa shape index (κ1) is 14.2. The molecular weight excluding hydrogens is 257 g/mol. The van der Waals surface area contributed by atoms with Crippen molar-refractivity contribution in [2.75, 3.05) is 19.0 Å². The van der Waals surface area contributed by atoms with Gasteiger partial charge in [0.25, 0.3) is 0 Å². The number of ketones is 1. The highest BCUT2D eigenvalue weighted by molar-refractivity contribution is 6.00. The molecule has 0 aromatic heterocycles. The number of nitrogens with zero attached hydrogens (tertiary/aromatic N) is 1. The van der Waals surface area contributed by atoms with E-state index in [1.165, 1.54) is 18.2 Å². The molecule has 0 bridgehead atoms. The van der Waals surface area contributed by atoms with Gasteiger partial charge in [0.2, 0.25) is 0 Å². The zero-order valence-electron chi connectivity index (χ0n) is 11.4. The van der Waals surface area contributed by atoms with Gasteiger partial charge in [-0.15, -0.1) is 0 Å². The summed E-state index contributed by atoms with van der Waals surface area (Å²) >= 11 is 0. The second kappa shape index (κ2) is 5.84. The van der Waals surface area contributed by atoms with Crippen LogP contribution < -0.4 is 4.90 Å². The maximum Gasteiger partial charge on any atom is 0.198 e. The monoisotopic (exact) mass is 273 g/mol. The molecular formula is C16H16FNO2. The van der Waals surface area contributed by atoms with E-state index in [-0.39, 0.29) is 5.56 Å². The zero-order chi connectivity index (χ0) is 14.7. The Bertz CT molecular complexity index is 608. The smallest absolute Gasteiger partial charge is 0.198 e. The Balaban J connectivity index is 2.25. The topological polar surface area (TPSA) is 40.5 Å². The van der Waals surface area contributed by atoms with Gasteiger partial charge in [-0.25, -0.2) is 4.39 Å². The first-order valence-corrected chi connectivity index (χ1v) is 6.25. The molecule has 1 unspecified atom stereocenters. The van der Waals surface area contributed by atoms with Crippen molar-refractivity contribution in [1.82, 2.24) is 0 Å². The van der Waals surface area contributed by atoms with E-state index >= 15 is 0 Å². The van der Waals surface area contributed by atoms with Gasteiger partial charge in [0.05, 0.1) is 5.56 Å². The van der Waals surface area contributed by atoms with Crippen LogP contribution in [0, 0.1) is 5.82 Å². The van der Waals surface area contributed by atoms with Gasteiger partial charge in [-0.2, -0.15) is 0 Å². The largest absolute Gasteiger partial charge is 0.380 e. The molecule has 3 nitrogen and oxygen atoms in total. The Labute approximate surface area is 117 Å². The Hall–Kier alpha value is -2.20. The maximum atomic E-state index is 13.5. The molecule has 0 amide bonds. The Morgan fingerprint density at radius 1 is 1.10 bits per heavy atom. The predicted molar refractivity (Wildman–Crippen MR) is 76.5 cm³/mol. The average Bonchev–Trinajstić information content (AvgIpc) is 2.46. The van der Waals surface area contributed by atoms with Gasteiger partial charge in [0.15, 0.2) is 5.78 Å². The summed E-state index contributed by atoms with van der Waals surface area (Å²) in [5.74, 6) is -1.26. The highest BCUT2D eigenvalue weighted by Crippen LogP contribution is 2.22. The lowest BCUT2D eigenvalue weighted by Gasteiger charge is -2.15. The first-order chi connectivity index (χ1) is 9.50. The molecule has 4 heteroatoms. The van der Waals surface area contributed by atoms with E-state index in [1.807, 2.05) is 19.0 Å². The highest BCUT2D eigenvalue weighted by Gasteiger charge is 2.21. The Kier molecular flexibility index (Phi) is 4.15. The quantitative estimate of drug-likeness (QED) is 0.871. The van der Waals surface area contributed by atoms with Crippen molar-refractivity contribution in [3.8, 4) is 0 Å². The summed E-state index contributed by atoms with van der Waals surface area (Å²) < 4.78 is 13.5. The lowest BCUT2D eigenvalue weighted by Crippen LogP contribution is -2.14. The molecule has 2 aromatic rings. The number of Topliss-reactive ketones (excluding diaryl/α,β-unsaturated/α-hetero) is 1. The normalized spacial score (nSPS) is 12.0. The van der Waals surface area contributed by atoms with Crippen LogP contribution in [0.25, 0.3) is 0 Å². The number of carbonyl (C=O) groups is 1. The summed E-state index contributed by atoms with van der Waals surface area (Å²) in [7, 11) is 3.80. The van der Waals surface area contributed by atoms with Crippen molar-refractivity contribution in [1.29, 1.82) is 0 Å². The fourth-order valence-electron chi connectivity index (χ4n) is 1.91. The summed E-state index contributed by atoms with van der Waals surface area (Å²) in [4.78, 5) is 14.0. The third-order valence-electron chi connectivity index (χ3n) is 3.11. The standard InChI is InChI=1S/C16H16FNO2/c1-18(2)12-9-7-11(8-10-12)15(19)16(20)13-5-3-4-6-14(13)17/h3-10,15,19H,1-2H3. The number of halogens is 1. The van der Waals surface area contributed by atoms with Gasteiger partial charge in [0, 0.05) is 19.8 Å². The second-order valence-corrected chi connectivity index (χ2v) is 4.73. The van der Waals surface area contributed by atoms with Crippen LogP contribution in [-0.4, -0.2) is 25.0 Å². The van der Waals surface area contributed by atoms with Crippen LogP contribution in [0.15, 0.2) is 48.5 Å². The minimum absolute atomic E-state index is 0.100. The summed E-state index contributed by atoms with van der Waals surface area (Å²) in [5.41, 5.74) is 1.31. The highest BCUT2D eigenvalue weighted by atomic mass is 19.1. The summed E-state index contributed by atoms with van der Waals surface area (Å²) in [6.07, 6.45) is -1.36. The van der Waals surface area contributed by atoms with E-state index in [9.17, 15) is 14.3 Å². The van der Waals surface area contributed by atoms with Crippen LogP contribution in [0.3, 0.4) is 0 Å². The fraction of sp³-hybridized carbons (Fsp3) is 0.188. The molecule has 0 aliphatic heterocycles. The molecule has 2 rings (SSSR count). The van der Waals surface area contributed by atoms with Crippen molar-refractivity contribution in [2.24, 2.45) is 0 Å². The lowest BCUT2D eigenvalue weighted by atomic mass is 9.99. The summed E-state index contributed by atoms with van der Waals surface area (Å²) in [5, 5.41) is 10.1. The minimum atomic E-state index is -1.36. The molecule has 2 aromatic carbocycles. The molecule has 1 atom stereocenters. The van der Waals surface area contributed by atoms with Crippen LogP contribution in [0.5, 0.6) is 0 Å². The molecule has 20 heavy (non-hydrogen) atoms. The third kappa shape index (κ3) is 2.86. The number of carbonyl (C=O) groups excluding carboxylic acids is 1. The fourth-order valence-corrected chi connectivity index (χ4v) is 1.91. The summed E-state index contributed by atoms with van der Waals surface area (Å²) in [6.45, 7) is 0. The summed E-state index contributed by atoms with van der Waals surface area (Å²) in [6, 6.07) is 12.6. The molecule has 1 N–H and O–H groups in total. The third-order valence-corrected chi connectivity index (χ3v) is 3.11. The second-order valence-electron chi connectivity index (χ2n) is 4.73. The van der Waals surface area contributed by atoms with Gasteiger partial charge in [-0.1, -0.05) is 24.3 Å². The molecule has 0 aliphatic rings.